The topological polar surface area (TPSA) is 62.4 Å². The maximum absolute atomic E-state index is 10.9. The summed E-state index contributed by atoms with van der Waals surface area (Å²) in [6.45, 7) is 0. The Morgan fingerprint density at radius 3 is 1.51 bits per heavy atom. The average Bonchev–Trinajstić information content (AvgIpc) is 3.89. The van der Waals surface area contributed by atoms with Crippen molar-refractivity contribution in [2.75, 3.05) is 0 Å². The largest absolute Gasteiger partial charge is 0.309 e. The molecule has 0 unspecified atom stereocenters. The van der Waals surface area contributed by atoms with Crippen LogP contribution >= 0.6 is 0 Å². The van der Waals surface area contributed by atoms with Crippen LogP contribution in [-0.2, 0) is 0 Å². The summed E-state index contributed by atoms with van der Waals surface area (Å²) < 4.78 is 6.80. The van der Waals surface area contributed by atoms with E-state index in [1.807, 2.05) is 36.4 Å². The van der Waals surface area contributed by atoms with E-state index in [-0.39, 0.29) is 0 Å². The Labute approximate surface area is 316 Å². The SMILES string of the molecule is N#Cc1c(-c2ccc(-n3c4ccccc4c4cccc(C#N)c43)cc2)cccc1-n1c2ccccc2c2c(-n3c4ccccc4c4ccccc43)cccc21. The fourth-order valence-electron chi connectivity index (χ4n) is 8.88. The first kappa shape index (κ1) is 30.7. The number of benzene rings is 8. The third-order valence-corrected chi connectivity index (χ3v) is 11.1. The summed E-state index contributed by atoms with van der Waals surface area (Å²) in [7, 11) is 0. The second kappa shape index (κ2) is 11.8. The molecule has 3 aromatic heterocycles. The van der Waals surface area contributed by atoms with Gasteiger partial charge in [0, 0.05) is 43.6 Å². The van der Waals surface area contributed by atoms with Crippen LogP contribution in [0.5, 0.6) is 0 Å². The minimum atomic E-state index is 0.601. The highest BCUT2D eigenvalue weighted by Gasteiger charge is 2.22. The summed E-state index contributed by atoms with van der Waals surface area (Å²) in [6.07, 6.45) is 0. The Bertz CT molecular complexity index is 3400. The van der Waals surface area contributed by atoms with E-state index >= 15 is 0 Å². The van der Waals surface area contributed by atoms with Gasteiger partial charge in [-0.3, -0.25) is 0 Å². The summed E-state index contributed by atoms with van der Waals surface area (Å²) in [4.78, 5) is 0. The molecule has 0 amide bonds. The van der Waals surface area contributed by atoms with Crippen LogP contribution in [0.2, 0.25) is 0 Å². The van der Waals surface area contributed by atoms with Crippen LogP contribution in [0, 0.1) is 22.7 Å². The van der Waals surface area contributed by atoms with Gasteiger partial charge in [-0.2, -0.15) is 10.5 Å². The van der Waals surface area contributed by atoms with E-state index in [4.69, 9.17) is 0 Å². The van der Waals surface area contributed by atoms with Crippen LogP contribution in [0.1, 0.15) is 11.1 Å². The number of nitriles is 2. The van der Waals surface area contributed by atoms with Crippen molar-refractivity contribution in [1.29, 1.82) is 10.5 Å². The number of fused-ring (bicyclic) bond motifs is 9. The van der Waals surface area contributed by atoms with E-state index in [9.17, 15) is 10.5 Å². The number of nitrogens with zero attached hydrogens (tertiary/aromatic N) is 5. The van der Waals surface area contributed by atoms with Crippen LogP contribution < -0.4 is 0 Å². The molecule has 254 valence electrons. The summed E-state index contributed by atoms with van der Waals surface area (Å²) in [5.41, 5.74) is 12.2. The Morgan fingerprint density at radius 1 is 0.364 bits per heavy atom. The van der Waals surface area contributed by atoms with Crippen LogP contribution in [0.3, 0.4) is 0 Å². The van der Waals surface area contributed by atoms with Crippen LogP contribution in [0.15, 0.2) is 176 Å². The van der Waals surface area contributed by atoms with Crippen molar-refractivity contribution in [1.82, 2.24) is 13.7 Å². The molecule has 0 bridgehead atoms. The number of rotatable bonds is 4. The van der Waals surface area contributed by atoms with Crippen molar-refractivity contribution in [2.45, 2.75) is 0 Å². The van der Waals surface area contributed by atoms with E-state index < -0.39 is 0 Å². The third kappa shape index (κ3) is 4.33. The van der Waals surface area contributed by atoms with Gasteiger partial charge in [0.05, 0.1) is 55.6 Å². The summed E-state index contributed by atoms with van der Waals surface area (Å²) in [5, 5.41) is 27.8. The number of hydrogen-bond acceptors (Lipinski definition) is 2. The molecule has 55 heavy (non-hydrogen) atoms. The average molecular weight is 700 g/mol. The molecule has 0 atom stereocenters. The molecular weight excluding hydrogens is 671 g/mol. The fraction of sp³-hybridized carbons (Fsp3) is 0. The zero-order chi connectivity index (χ0) is 36.6. The Kier molecular flexibility index (Phi) is 6.61. The van der Waals surface area contributed by atoms with Gasteiger partial charge in [-0.15, -0.1) is 0 Å². The minimum Gasteiger partial charge on any atom is -0.309 e. The van der Waals surface area contributed by atoms with E-state index in [1.54, 1.807) is 0 Å². The summed E-state index contributed by atoms with van der Waals surface area (Å²) in [5.74, 6) is 0. The molecule has 0 N–H and O–H groups in total. The van der Waals surface area contributed by atoms with Gasteiger partial charge in [0.25, 0.3) is 0 Å². The maximum Gasteiger partial charge on any atom is 0.102 e. The molecule has 3 heterocycles. The lowest BCUT2D eigenvalue weighted by Crippen LogP contribution is -2.00. The number of aromatic nitrogens is 3. The van der Waals surface area contributed by atoms with E-state index in [0.29, 0.717) is 11.1 Å². The highest BCUT2D eigenvalue weighted by atomic mass is 15.0. The molecule has 11 rings (SSSR count). The molecule has 0 radical (unpaired) electrons. The minimum absolute atomic E-state index is 0.601. The quantitative estimate of drug-likeness (QED) is 0.184. The van der Waals surface area contributed by atoms with Gasteiger partial charge in [-0.25, -0.2) is 0 Å². The van der Waals surface area contributed by atoms with Crippen LogP contribution in [0.4, 0.5) is 0 Å². The first-order valence-corrected chi connectivity index (χ1v) is 18.3. The van der Waals surface area contributed by atoms with E-state index in [2.05, 4.69) is 165 Å². The van der Waals surface area contributed by atoms with Crippen molar-refractivity contribution in [2.24, 2.45) is 0 Å². The maximum atomic E-state index is 10.9. The molecule has 0 spiro atoms. The molecule has 0 saturated heterocycles. The lowest BCUT2D eigenvalue weighted by Gasteiger charge is -2.15. The highest BCUT2D eigenvalue weighted by Crippen LogP contribution is 2.41. The Balaban J connectivity index is 1.11. The number of hydrogen-bond donors (Lipinski definition) is 0. The molecule has 5 heteroatoms. The van der Waals surface area contributed by atoms with Crippen molar-refractivity contribution >= 4 is 65.4 Å². The highest BCUT2D eigenvalue weighted by molar-refractivity contribution is 6.17. The Hall–Kier alpha value is -7.86. The molecule has 5 nitrogen and oxygen atoms in total. The van der Waals surface area contributed by atoms with E-state index in [1.165, 1.54) is 10.8 Å². The van der Waals surface area contributed by atoms with Gasteiger partial charge < -0.3 is 13.7 Å². The molecule has 8 aromatic carbocycles. The predicted octanol–water partition coefficient (Wildman–Crippen LogP) is 12.4. The molecular formula is C50H29N5. The van der Waals surface area contributed by atoms with Crippen LogP contribution in [-0.4, -0.2) is 13.7 Å². The Morgan fingerprint density at radius 2 is 0.855 bits per heavy atom. The zero-order valence-corrected chi connectivity index (χ0v) is 29.5. The fourth-order valence-corrected chi connectivity index (χ4v) is 8.88. The van der Waals surface area contributed by atoms with Crippen molar-refractivity contribution in [3.8, 4) is 40.3 Å². The lowest BCUT2D eigenvalue weighted by molar-refractivity contribution is 1.16. The first-order chi connectivity index (χ1) is 27.2. The van der Waals surface area contributed by atoms with Gasteiger partial charge in [-0.05, 0) is 66.2 Å². The van der Waals surface area contributed by atoms with Crippen molar-refractivity contribution in [3.63, 3.8) is 0 Å². The van der Waals surface area contributed by atoms with Gasteiger partial charge >= 0.3 is 0 Å². The van der Waals surface area contributed by atoms with Crippen molar-refractivity contribution in [3.05, 3.63) is 187 Å². The van der Waals surface area contributed by atoms with E-state index in [0.717, 1.165) is 82.8 Å². The summed E-state index contributed by atoms with van der Waals surface area (Å²) >= 11 is 0. The monoisotopic (exact) mass is 699 g/mol. The normalized spacial score (nSPS) is 11.6. The standard InChI is InChI=1S/C50H29N5/c51-30-33-12-9-18-39-38-15-3-5-19-42(38)53(50(33)39)34-28-26-32(27-29-34)35-17-10-23-46(41(35)31-52)55-45-22-8-4-16-40(45)49-47(24-11-25-48(49)55)54-43-20-6-1-13-36(43)37-14-2-7-21-44(37)54/h1-29H. The molecule has 0 aliphatic carbocycles. The summed E-state index contributed by atoms with van der Waals surface area (Å²) in [6, 6.07) is 65.8. The van der Waals surface area contributed by atoms with Gasteiger partial charge in [-0.1, -0.05) is 115 Å². The molecule has 0 fully saturated rings. The van der Waals surface area contributed by atoms with Gasteiger partial charge in [0.1, 0.15) is 12.1 Å². The predicted molar refractivity (Wildman–Crippen MR) is 224 cm³/mol. The molecule has 0 saturated carbocycles. The lowest BCUT2D eigenvalue weighted by atomic mass is 9.98. The molecule has 11 aromatic rings. The molecule has 0 aliphatic heterocycles. The zero-order valence-electron chi connectivity index (χ0n) is 29.5. The first-order valence-electron chi connectivity index (χ1n) is 18.3. The smallest absolute Gasteiger partial charge is 0.102 e. The second-order valence-corrected chi connectivity index (χ2v) is 13.9. The third-order valence-electron chi connectivity index (χ3n) is 11.1. The second-order valence-electron chi connectivity index (χ2n) is 13.9. The van der Waals surface area contributed by atoms with Crippen molar-refractivity contribution < 1.29 is 0 Å². The van der Waals surface area contributed by atoms with Crippen LogP contribution in [0.25, 0.3) is 93.6 Å². The number of para-hydroxylation sites is 5. The van der Waals surface area contributed by atoms with Gasteiger partial charge in [0.15, 0.2) is 0 Å². The van der Waals surface area contributed by atoms with Gasteiger partial charge in [0.2, 0.25) is 0 Å². The molecule has 0 aliphatic rings.